The smallest absolute Gasteiger partial charge is 0.327 e. The van der Waals surface area contributed by atoms with Crippen LogP contribution in [0.2, 0.25) is 0 Å². The number of carbonyl (C=O) groups excluding carboxylic acids is 2. The average Bonchev–Trinajstić information content (AvgIpc) is 3.31. The predicted molar refractivity (Wildman–Crippen MR) is 136 cm³/mol. The molecule has 1 spiro atoms. The molecule has 2 aromatic rings. The molecular formula is C25H30N6O8. The van der Waals surface area contributed by atoms with Crippen LogP contribution in [0, 0.1) is 6.92 Å². The molecule has 3 fully saturated rings. The van der Waals surface area contributed by atoms with E-state index < -0.39 is 40.8 Å². The monoisotopic (exact) mass is 542 g/mol. The van der Waals surface area contributed by atoms with E-state index in [2.05, 4.69) is 25.4 Å². The van der Waals surface area contributed by atoms with E-state index in [0.717, 1.165) is 19.3 Å². The number of hydrogen-bond donors (Lipinski definition) is 3. The molecule has 5 heterocycles. The van der Waals surface area contributed by atoms with Gasteiger partial charge in [-0.25, -0.2) is 9.78 Å². The second-order valence-electron chi connectivity index (χ2n) is 10.5. The van der Waals surface area contributed by atoms with E-state index in [9.17, 15) is 19.2 Å². The fourth-order valence-electron chi connectivity index (χ4n) is 5.39. The minimum Gasteiger partial charge on any atom is -0.389 e. The minimum absolute atomic E-state index is 0.0214. The number of aryl methyl sites for hydroxylation is 1. The summed E-state index contributed by atoms with van der Waals surface area (Å²) in [6, 6.07) is 0.197. The van der Waals surface area contributed by atoms with Crippen molar-refractivity contribution in [1.82, 2.24) is 25.2 Å². The summed E-state index contributed by atoms with van der Waals surface area (Å²) >= 11 is 0. The first-order valence-electron chi connectivity index (χ1n) is 13.1. The first kappa shape index (κ1) is 25.6. The third kappa shape index (κ3) is 4.94. The molecule has 3 aliphatic heterocycles. The molecule has 0 bridgehead atoms. The molecule has 6 rings (SSSR count). The van der Waals surface area contributed by atoms with Crippen LogP contribution in [0.3, 0.4) is 0 Å². The lowest BCUT2D eigenvalue weighted by molar-refractivity contribution is -0.129. The fraction of sp³-hybridized carbons (Fsp3) is 0.600. The Bertz CT molecular complexity index is 1440. The number of hydrogen-bond acceptors (Lipinski definition) is 10. The Morgan fingerprint density at radius 1 is 1.18 bits per heavy atom. The normalized spacial score (nSPS) is 22.9. The van der Waals surface area contributed by atoms with Gasteiger partial charge in [-0.15, -0.1) is 0 Å². The van der Waals surface area contributed by atoms with Gasteiger partial charge in [-0.05, 0) is 37.8 Å². The van der Waals surface area contributed by atoms with Gasteiger partial charge in [0, 0.05) is 6.42 Å². The highest BCUT2D eigenvalue weighted by atomic mass is 16.7. The summed E-state index contributed by atoms with van der Waals surface area (Å²) in [6.45, 7) is 3.47. The number of pyridine rings is 1. The first-order chi connectivity index (χ1) is 18.8. The van der Waals surface area contributed by atoms with Crippen molar-refractivity contribution in [3.05, 3.63) is 38.2 Å². The predicted octanol–water partition coefficient (Wildman–Crippen LogP) is -0.640. The van der Waals surface area contributed by atoms with Gasteiger partial charge in [-0.1, -0.05) is 5.16 Å². The number of ether oxygens (including phenoxy) is 3. The number of aromatic amines is 2. The highest BCUT2D eigenvalue weighted by Gasteiger charge is 2.49. The van der Waals surface area contributed by atoms with Gasteiger partial charge in [0.2, 0.25) is 5.91 Å². The molecular weight excluding hydrogens is 512 g/mol. The molecule has 1 aliphatic carbocycles. The molecule has 2 unspecified atom stereocenters. The molecule has 14 nitrogen and oxygen atoms in total. The zero-order valence-electron chi connectivity index (χ0n) is 21.5. The van der Waals surface area contributed by atoms with Gasteiger partial charge >= 0.3 is 5.69 Å². The van der Waals surface area contributed by atoms with Gasteiger partial charge < -0.3 is 29.3 Å². The number of aromatic nitrogens is 3. The van der Waals surface area contributed by atoms with Crippen LogP contribution in [0.25, 0.3) is 11.0 Å². The second-order valence-corrected chi connectivity index (χ2v) is 10.5. The molecule has 2 saturated heterocycles. The molecule has 208 valence electrons. The van der Waals surface area contributed by atoms with Crippen LogP contribution in [0.5, 0.6) is 0 Å². The zero-order chi connectivity index (χ0) is 27.1. The number of rotatable bonds is 7. The Balaban J connectivity index is 1.40. The minimum atomic E-state index is -1.10. The molecule has 0 aromatic carbocycles. The lowest BCUT2D eigenvalue weighted by Crippen LogP contribution is -2.60. The Kier molecular flexibility index (Phi) is 6.69. The van der Waals surface area contributed by atoms with Crippen LogP contribution in [0.15, 0.2) is 20.8 Å². The van der Waals surface area contributed by atoms with Crippen LogP contribution in [0.1, 0.15) is 41.7 Å². The maximum atomic E-state index is 14.2. The van der Waals surface area contributed by atoms with Gasteiger partial charge in [-0.3, -0.25) is 24.4 Å². The number of carbonyl (C=O) groups is 2. The first-order valence-corrected chi connectivity index (χ1v) is 13.1. The Labute approximate surface area is 222 Å². The Morgan fingerprint density at radius 2 is 2.00 bits per heavy atom. The maximum absolute atomic E-state index is 14.2. The number of H-pyrrole nitrogens is 2. The van der Waals surface area contributed by atoms with Gasteiger partial charge in [0.15, 0.2) is 6.04 Å². The summed E-state index contributed by atoms with van der Waals surface area (Å²) in [5, 5.41) is 7.43. The Hall–Kier alpha value is -3.62. The third-order valence-corrected chi connectivity index (χ3v) is 7.65. The number of amides is 2. The lowest BCUT2D eigenvalue weighted by atomic mass is 9.76. The summed E-state index contributed by atoms with van der Waals surface area (Å²) in [4.78, 5) is 68.4. The van der Waals surface area contributed by atoms with Crippen LogP contribution in [0.4, 0.5) is 0 Å². The van der Waals surface area contributed by atoms with Crippen LogP contribution < -0.4 is 16.6 Å². The molecule has 4 aliphatic rings. The maximum Gasteiger partial charge on any atom is 0.327 e. The van der Waals surface area contributed by atoms with Gasteiger partial charge in [0.1, 0.15) is 16.9 Å². The highest BCUT2D eigenvalue weighted by molar-refractivity contribution is 6.12. The van der Waals surface area contributed by atoms with Gasteiger partial charge in [-0.2, -0.15) is 0 Å². The van der Waals surface area contributed by atoms with E-state index >= 15 is 0 Å². The van der Waals surface area contributed by atoms with E-state index in [0.29, 0.717) is 44.1 Å². The molecule has 39 heavy (non-hydrogen) atoms. The number of nitrogens with one attached hydrogen (secondary N) is 3. The van der Waals surface area contributed by atoms with Crippen molar-refractivity contribution < 1.29 is 28.6 Å². The summed E-state index contributed by atoms with van der Waals surface area (Å²) in [6.07, 6.45) is 2.59. The summed E-state index contributed by atoms with van der Waals surface area (Å²) in [5.41, 5.74) is -0.958. The van der Waals surface area contributed by atoms with Crippen molar-refractivity contribution in [1.29, 1.82) is 0 Å². The summed E-state index contributed by atoms with van der Waals surface area (Å²) in [7, 11) is 0. The Morgan fingerprint density at radius 3 is 2.64 bits per heavy atom. The molecule has 1 saturated carbocycles. The standard InChI is InChI=1S/C25H30N6O8/c1-13-7-16(27-20-18(13)21(32)29-24(35)28-20)23(34)31(9-15-12-36-5-6-38-15)19(22(33)26-14-10-37-11-14)17-8-25(39-30-17)3-2-4-25/h7,14-15,19H,2-6,8-12H2,1H3,(H,26,33)(H2,27,28,29,32,35). The van der Waals surface area contributed by atoms with Crippen molar-refractivity contribution in [2.45, 2.75) is 56.4 Å². The molecule has 2 aromatic heterocycles. The van der Waals surface area contributed by atoms with Crippen molar-refractivity contribution in [3.8, 4) is 0 Å². The fourth-order valence-corrected chi connectivity index (χ4v) is 5.39. The van der Waals surface area contributed by atoms with Gasteiger partial charge in [0.05, 0.1) is 62.8 Å². The van der Waals surface area contributed by atoms with E-state index in [4.69, 9.17) is 19.0 Å². The zero-order valence-corrected chi connectivity index (χ0v) is 21.5. The van der Waals surface area contributed by atoms with Crippen molar-refractivity contribution in [3.63, 3.8) is 0 Å². The van der Waals surface area contributed by atoms with Crippen LogP contribution in [-0.4, -0.2) is 101 Å². The lowest BCUT2D eigenvalue weighted by Gasteiger charge is -2.37. The molecule has 0 radical (unpaired) electrons. The largest absolute Gasteiger partial charge is 0.389 e. The van der Waals surface area contributed by atoms with Crippen LogP contribution >= 0.6 is 0 Å². The van der Waals surface area contributed by atoms with E-state index in [-0.39, 0.29) is 35.9 Å². The number of fused-ring (bicyclic) bond motifs is 1. The van der Waals surface area contributed by atoms with Crippen molar-refractivity contribution in [2.24, 2.45) is 5.16 Å². The highest BCUT2D eigenvalue weighted by Crippen LogP contribution is 2.43. The topological polar surface area (TPSA) is 177 Å². The van der Waals surface area contributed by atoms with Crippen molar-refractivity contribution in [2.75, 3.05) is 39.6 Å². The quantitative estimate of drug-likeness (QED) is 0.411. The molecule has 2 atom stereocenters. The van der Waals surface area contributed by atoms with Gasteiger partial charge in [0.25, 0.3) is 11.5 Å². The number of nitrogens with zero attached hydrogens (tertiary/aromatic N) is 3. The molecule has 3 N–H and O–H groups in total. The van der Waals surface area contributed by atoms with Crippen molar-refractivity contribution >= 4 is 28.6 Å². The summed E-state index contributed by atoms with van der Waals surface area (Å²) in [5.74, 6) is -0.993. The average molecular weight is 543 g/mol. The third-order valence-electron chi connectivity index (χ3n) is 7.65. The molecule has 14 heteroatoms. The second kappa shape index (κ2) is 10.2. The van der Waals surface area contributed by atoms with E-state index in [1.165, 1.54) is 11.0 Å². The van der Waals surface area contributed by atoms with E-state index in [1.54, 1.807) is 6.92 Å². The van der Waals surface area contributed by atoms with E-state index in [1.807, 2.05) is 0 Å². The summed E-state index contributed by atoms with van der Waals surface area (Å²) < 4.78 is 16.6. The van der Waals surface area contributed by atoms with Crippen LogP contribution in [-0.2, 0) is 23.8 Å². The molecule has 2 amide bonds. The SMILES string of the molecule is Cc1cc(C(=O)N(CC2COCCO2)C(C(=O)NC2COC2)C2=NOC3(CCC3)C2)nc2[nH]c(=O)[nH]c(=O)c12. The number of oxime groups is 1.